The molecule has 2 nitrogen and oxygen atoms in total. The van der Waals surface area contributed by atoms with Gasteiger partial charge in [-0.2, -0.15) is 0 Å². The molecule has 2 aliphatic rings. The van der Waals surface area contributed by atoms with Crippen molar-refractivity contribution < 1.29 is 0 Å². The molecule has 1 saturated carbocycles. The summed E-state index contributed by atoms with van der Waals surface area (Å²) >= 11 is 0. The average molecular weight is 224 g/mol. The van der Waals surface area contributed by atoms with E-state index in [-0.39, 0.29) is 0 Å². The van der Waals surface area contributed by atoms with Crippen LogP contribution in [-0.2, 0) is 0 Å². The summed E-state index contributed by atoms with van der Waals surface area (Å²) in [5.74, 6) is 0.963. The van der Waals surface area contributed by atoms with Crippen molar-refractivity contribution in [1.82, 2.24) is 10.2 Å². The van der Waals surface area contributed by atoms with Gasteiger partial charge in [-0.1, -0.05) is 19.8 Å². The molecule has 94 valence electrons. The van der Waals surface area contributed by atoms with Crippen molar-refractivity contribution in [3.05, 3.63) is 0 Å². The van der Waals surface area contributed by atoms with E-state index in [1.54, 1.807) is 0 Å². The largest absolute Gasteiger partial charge is 0.313 e. The van der Waals surface area contributed by atoms with E-state index in [9.17, 15) is 0 Å². The summed E-state index contributed by atoms with van der Waals surface area (Å²) in [4.78, 5) is 2.60. The molecule has 1 aliphatic heterocycles. The Kier molecular flexibility index (Phi) is 5.11. The first-order valence-corrected chi connectivity index (χ1v) is 7.30. The van der Waals surface area contributed by atoms with Gasteiger partial charge in [0, 0.05) is 19.1 Å². The second-order valence-electron chi connectivity index (χ2n) is 5.81. The molecule has 1 saturated heterocycles. The van der Waals surface area contributed by atoms with Crippen LogP contribution >= 0.6 is 0 Å². The van der Waals surface area contributed by atoms with Gasteiger partial charge in [-0.3, -0.25) is 0 Å². The van der Waals surface area contributed by atoms with Gasteiger partial charge in [0.25, 0.3) is 0 Å². The normalized spacial score (nSPS) is 32.8. The lowest BCUT2D eigenvalue weighted by atomic mass is 10.0. The van der Waals surface area contributed by atoms with Crippen LogP contribution in [0.5, 0.6) is 0 Å². The molecule has 1 aliphatic carbocycles. The Morgan fingerprint density at radius 3 is 2.62 bits per heavy atom. The first-order chi connectivity index (χ1) is 7.84. The van der Waals surface area contributed by atoms with E-state index in [0.29, 0.717) is 0 Å². The Balaban J connectivity index is 1.57. The highest BCUT2D eigenvalue weighted by Crippen LogP contribution is 2.22. The molecule has 1 heterocycles. The maximum Gasteiger partial charge on any atom is 0.0107 e. The van der Waals surface area contributed by atoms with Gasteiger partial charge < -0.3 is 10.2 Å². The zero-order chi connectivity index (χ0) is 11.2. The minimum atomic E-state index is 0.813. The van der Waals surface area contributed by atoms with Crippen molar-refractivity contribution in [3.63, 3.8) is 0 Å². The topological polar surface area (TPSA) is 15.3 Å². The molecule has 2 rings (SSSR count). The second kappa shape index (κ2) is 6.61. The summed E-state index contributed by atoms with van der Waals surface area (Å²) in [6.07, 6.45) is 9.96. The third-order valence-corrected chi connectivity index (χ3v) is 4.32. The summed E-state index contributed by atoms with van der Waals surface area (Å²) in [5.41, 5.74) is 0. The zero-order valence-electron chi connectivity index (χ0n) is 10.9. The number of likely N-dealkylation sites (tertiary alicyclic amines) is 1. The van der Waals surface area contributed by atoms with Gasteiger partial charge in [0.15, 0.2) is 0 Å². The highest BCUT2D eigenvalue weighted by Gasteiger charge is 2.16. The molecule has 0 aromatic carbocycles. The third kappa shape index (κ3) is 4.06. The second-order valence-corrected chi connectivity index (χ2v) is 5.81. The van der Waals surface area contributed by atoms with Crippen LogP contribution in [0.1, 0.15) is 51.9 Å². The number of hydrogen-bond donors (Lipinski definition) is 1. The number of hydrogen-bond acceptors (Lipinski definition) is 2. The first-order valence-electron chi connectivity index (χ1n) is 7.30. The molecule has 0 radical (unpaired) electrons. The summed E-state index contributed by atoms with van der Waals surface area (Å²) in [6, 6.07) is 0.813. The molecule has 0 aromatic heterocycles. The van der Waals surface area contributed by atoms with Gasteiger partial charge >= 0.3 is 0 Å². The molecular formula is C14H28N2. The van der Waals surface area contributed by atoms with Gasteiger partial charge in [-0.15, -0.1) is 0 Å². The van der Waals surface area contributed by atoms with E-state index >= 15 is 0 Å². The number of nitrogens with one attached hydrogen (secondary N) is 1. The summed E-state index contributed by atoms with van der Waals surface area (Å²) in [7, 11) is 0. The van der Waals surface area contributed by atoms with Crippen molar-refractivity contribution in [2.45, 2.75) is 57.9 Å². The van der Waals surface area contributed by atoms with Crippen LogP contribution in [-0.4, -0.2) is 37.1 Å². The van der Waals surface area contributed by atoms with Crippen LogP contribution in [0.3, 0.4) is 0 Å². The Bertz CT molecular complexity index is 187. The molecule has 0 aromatic rings. The number of rotatable bonds is 4. The van der Waals surface area contributed by atoms with E-state index < -0.39 is 0 Å². The third-order valence-electron chi connectivity index (χ3n) is 4.32. The van der Waals surface area contributed by atoms with E-state index in [1.807, 2.05) is 0 Å². The van der Waals surface area contributed by atoms with Gasteiger partial charge in [0.2, 0.25) is 0 Å². The standard InChI is InChI=1S/C14H28N2/c1-13-5-4-6-14(8-7-13)15-9-12-16-10-2-3-11-16/h13-15H,2-12H2,1H3. The molecule has 16 heavy (non-hydrogen) atoms. The molecule has 0 bridgehead atoms. The molecule has 2 unspecified atom stereocenters. The van der Waals surface area contributed by atoms with Gasteiger partial charge in [0.1, 0.15) is 0 Å². The Labute approximate surface area is 101 Å². The predicted octanol–water partition coefficient (Wildman–Crippen LogP) is 2.64. The van der Waals surface area contributed by atoms with E-state index in [1.165, 1.54) is 71.1 Å². The maximum absolute atomic E-state index is 3.77. The minimum Gasteiger partial charge on any atom is -0.313 e. The van der Waals surface area contributed by atoms with Crippen molar-refractivity contribution in [3.8, 4) is 0 Å². The Morgan fingerprint density at radius 2 is 1.81 bits per heavy atom. The first kappa shape index (κ1) is 12.4. The van der Waals surface area contributed by atoms with E-state index in [0.717, 1.165) is 12.0 Å². The van der Waals surface area contributed by atoms with Crippen LogP contribution in [0, 0.1) is 5.92 Å². The van der Waals surface area contributed by atoms with Crippen LogP contribution < -0.4 is 5.32 Å². The lowest BCUT2D eigenvalue weighted by Gasteiger charge is -2.19. The predicted molar refractivity (Wildman–Crippen MR) is 69.7 cm³/mol. The van der Waals surface area contributed by atoms with Crippen LogP contribution in [0.4, 0.5) is 0 Å². The highest BCUT2D eigenvalue weighted by atomic mass is 15.2. The van der Waals surface area contributed by atoms with Crippen LogP contribution in [0.25, 0.3) is 0 Å². The van der Waals surface area contributed by atoms with Crippen LogP contribution in [0.15, 0.2) is 0 Å². The molecule has 2 fully saturated rings. The SMILES string of the molecule is CC1CCCC(NCCN2CCCC2)CC1. The summed E-state index contributed by atoms with van der Waals surface area (Å²) in [6.45, 7) is 7.56. The lowest BCUT2D eigenvalue weighted by molar-refractivity contribution is 0.321. The molecule has 0 amide bonds. The summed E-state index contributed by atoms with van der Waals surface area (Å²) in [5, 5.41) is 3.77. The minimum absolute atomic E-state index is 0.813. The quantitative estimate of drug-likeness (QED) is 0.739. The fourth-order valence-electron chi connectivity index (χ4n) is 3.12. The molecule has 2 atom stereocenters. The molecule has 1 N–H and O–H groups in total. The fraction of sp³-hybridized carbons (Fsp3) is 1.00. The average Bonchev–Trinajstić information content (AvgIpc) is 2.70. The highest BCUT2D eigenvalue weighted by molar-refractivity contribution is 4.74. The van der Waals surface area contributed by atoms with Crippen LogP contribution in [0.2, 0.25) is 0 Å². The van der Waals surface area contributed by atoms with Crippen molar-refractivity contribution in [2.75, 3.05) is 26.2 Å². The fourth-order valence-corrected chi connectivity index (χ4v) is 3.12. The van der Waals surface area contributed by atoms with Gasteiger partial charge in [-0.25, -0.2) is 0 Å². The van der Waals surface area contributed by atoms with E-state index in [2.05, 4.69) is 17.1 Å². The Hall–Kier alpha value is -0.0800. The molecule has 0 spiro atoms. The molecular weight excluding hydrogens is 196 g/mol. The number of nitrogens with zero attached hydrogens (tertiary/aromatic N) is 1. The lowest BCUT2D eigenvalue weighted by Crippen LogP contribution is -2.36. The monoisotopic (exact) mass is 224 g/mol. The molecule has 2 heteroatoms. The maximum atomic E-state index is 3.77. The van der Waals surface area contributed by atoms with Crippen molar-refractivity contribution in [2.24, 2.45) is 5.92 Å². The van der Waals surface area contributed by atoms with Crippen molar-refractivity contribution >= 4 is 0 Å². The summed E-state index contributed by atoms with van der Waals surface area (Å²) < 4.78 is 0. The zero-order valence-corrected chi connectivity index (χ0v) is 10.9. The van der Waals surface area contributed by atoms with E-state index in [4.69, 9.17) is 0 Å². The van der Waals surface area contributed by atoms with Crippen molar-refractivity contribution in [1.29, 1.82) is 0 Å². The van der Waals surface area contributed by atoms with Gasteiger partial charge in [-0.05, 0) is 51.1 Å². The Morgan fingerprint density at radius 1 is 1.00 bits per heavy atom. The smallest absolute Gasteiger partial charge is 0.0107 e. The van der Waals surface area contributed by atoms with Gasteiger partial charge in [0.05, 0.1) is 0 Å².